The fourth-order valence-corrected chi connectivity index (χ4v) is 5.22. The fourth-order valence-electron chi connectivity index (χ4n) is 4.50. The second kappa shape index (κ2) is 13.1. The molecule has 0 bridgehead atoms. The summed E-state index contributed by atoms with van der Waals surface area (Å²) in [6, 6.07) is 9.49. The summed E-state index contributed by atoms with van der Waals surface area (Å²) in [7, 11) is 4.05. The molecular formula is C29H30F4N4O4S. The van der Waals surface area contributed by atoms with Crippen molar-refractivity contribution in [2.75, 3.05) is 51.2 Å². The van der Waals surface area contributed by atoms with Gasteiger partial charge in [0.15, 0.2) is 11.6 Å². The second-order valence-corrected chi connectivity index (χ2v) is 10.3. The van der Waals surface area contributed by atoms with E-state index in [-0.39, 0.29) is 23.2 Å². The van der Waals surface area contributed by atoms with E-state index in [1.807, 2.05) is 11.8 Å². The molecule has 2 heterocycles. The van der Waals surface area contributed by atoms with Gasteiger partial charge in [-0.15, -0.1) is 11.3 Å². The number of ether oxygens (including phenoxy) is 3. The van der Waals surface area contributed by atoms with E-state index in [0.29, 0.717) is 36.2 Å². The maximum absolute atomic E-state index is 14.0. The van der Waals surface area contributed by atoms with Gasteiger partial charge in [-0.2, -0.15) is 13.2 Å². The van der Waals surface area contributed by atoms with Crippen LogP contribution in [0.15, 0.2) is 58.9 Å². The minimum atomic E-state index is -4.56. The number of halogens is 4. The maximum Gasteiger partial charge on any atom is 0.416 e. The molecule has 42 heavy (non-hydrogen) atoms. The van der Waals surface area contributed by atoms with E-state index in [9.17, 15) is 22.4 Å². The zero-order chi connectivity index (χ0) is 30.4. The van der Waals surface area contributed by atoms with Crippen molar-refractivity contribution >= 4 is 46.4 Å². The summed E-state index contributed by atoms with van der Waals surface area (Å²) >= 11 is 1.34. The van der Waals surface area contributed by atoms with E-state index in [1.54, 1.807) is 29.7 Å². The molecule has 1 aliphatic heterocycles. The van der Waals surface area contributed by atoms with Gasteiger partial charge in [0, 0.05) is 43.5 Å². The zero-order valence-corrected chi connectivity index (χ0v) is 24.2. The van der Waals surface area contributed by atoms with Gasteiger partial charge in [-0.3, -0.25) is 0 Å². The third kappa shape index (κ3) is 7.14. The average Bonchev–Trinajstić information content (AvgIpc) is 3.42. The number of anilines is 2. The van der Waals surface area contributed by atoms with Crippen LogP contribution in [0.25, 0.3) is 6.08 Å². The smallest absolute Gasteiger partial charge is 0.416 e. The summed E-state index contributed by atoms with van der Waals surface area (Å²) in [5.74, 6) is -0.367. The molecule has 3 aromatic rings. The van der Waals surface area contributed by atoms with E-state index in [0.717, 1.165) is 17.8 Å². The van der Waals surface area contributed by atoms with Crippen molar-refractivity contribution in [3.05, 3.63) is 70.2 Å². The van der Waals surface area contributed by atoms with Gasteiger partial charge >= 0.3 is 12.1 Å². The Hall–Kier alpha value is -4.26. The molecular weight excluding hydrogens is 576 g/mol. The Balaban J connectivity index is 1.70. The number of carbonyl (C=O) groups excluding carboxylic acids is 1. The summed E-state index contributed by atoms with van der Waals surface area (Å²) in [4.78, 5) is 21.1. The number of benzene rings is 2. The van der Waals surface area contributed by atoms with Gasteiger partial charge in [0.1, 0.15) is 5.75 Å². The number of alkyl halides is 3. The molecule has 0 amide bonds. The van der Waals surface area contributed by atoms with Crippen molar-refractivity contribution in [2.45, 2.75) is 19.1 Å². The molecule has 1 fully saturated rings. The average molecular weight is 607 g/mol. The van der Waals surface area contributed by atoms with Crippen molar-refractivity contribution in [3.8, 4) is 11.5 Å². The monoisotopic (exact) mass is 606 g/mol. The van der Waals surface area contributed by atoms with Crippen molar-refractivity contribution < 1.29 is 36.6 Å². The van der Waals surface area contributed by atoms with E-state index >= 15 is 0 Å². The molecule has 224 valence electrons. The molecule has 1 saturated heterocycles. The first kappa shape index (κ1) is 30.7. The molecule has 0 spiro atoms. The number of thiophene rings is 1. The highest BCUT2D eigenvalue weighted by Crippen LogP contribution is 2.36. The normalized spacial score (nSPS) is 16.1. The number of hydrogen-bond acceptors (Lipinski definition) is 7. The molecule has 2 aromatic carbocycles. The summed E-state index contributed by atoms with van der Waals surface area (Å²) in [5, 5.41) is 4.87. The maximum atomic E-state index is 14.0. The number of esters is 1. The molecule has 0 radical (unpaired) electrons. The minimum absolute atomic E-state index is 0.0892. The Morgan fingerprint density at radius 1 is 1.07 bits per heavy atom. The third-order valence-corrected chi connectivity index (χ3v) is 7.51. The number of methoxy groups -OCH3 is 3. The lowest BCUT2D eigenvalue weighted by Crippen LogP contribution is -2.55. The molecule has 1 N–H and O–H groups in total. The van der Waals surface area contributed by atoms with Crippen LogP contribution in [0.2, 0.25) is 0 Å². The summed E-state index contributed by atoms with van der Waals surface area (Å²) in [6.07, 6.45) is -1.72. The molecule has 1 aliphatic rings. The lowest BCUT2D eigenvalue weighted by Gasteiger charge is -2.42. The van der Waals surface area contributed by atoms with Gasteiger partial charge in [-0.25, -0.2) is 14.2 Å². The van der Waals surface area contributed by atoms with Gasteiger partial charge < -0.3 is 29.3 Å². The van der Waals surface area contributed by atoms with Gasteiger partial charge in [0.2, 0.25) is 5.96 Å². The third-order valence-electron chi connectivity index (χ3n) is 6.64. The number of hydrogen-bond donors (Lipinski definition) is 1. The Labute approximate surface area is 244 Å². The minimum Gasteiger partial charge on any atom is -0.495 e. The van der Waals surface area contributed by atoms with Crippen LogP contribution in [0.5, 0.6) is 11.5 Å². The fraction of sp³-hybridized carbons (Fsp3) is 0.310. The van der Waals surface area contributed by atoms with Gasteiger partial charge in [0.25, 0.3) is 0 Å². The van der Waals surface area contributed by atoms with E-state index < -0.39 is 23.5 Å². The predicted molar refractivity (Wildman–Crippen MR) is 155 cm³/mol. The van der Waals surface area contributed by atoms with Crippen LogP contribution >= 0.6 is 11.3 Å². The number of guanidine groups is 1. The molecule has 0 aliphatic carbocycles. The van der Waals surface area contributed by atoms with Crippen LogP contribution in [-0.4, -0.2) is 63.8 Å². The highest BCUT2D eigenvalue weighted by Gasteiger charge is 2.32. The standard InChI is InChI=1S/C29H30F4N4O4S/c1-18-17-36(12-13-37(18)20-6-7-21(30)25(16-20)40-3)28(34-22-11-14-42-26(22)9-10-27(38)41-4)35-23-15-19(29(31,32)33)5-8-24(23)39-2/h5-11,14-16,18H,12-13,17H2,1-4H3,(H,34,35)/b10-9-/t18-/m1/s1. The molecule has 8 nitrogen and oxygen atoms in total. The van der Waals surface area contributed by atoms with Crippen LogP contribution in [-0.2, 0) is 15.7 Å². The van der Waals surface area contributed by atoms with Crippen LogP contribution in [0.4, 0.5) is 34.6 Å². The number of nitrogens with zero attached hydrogens (tertiary/aromatic N) is 3. The zero-order valence-electron chi connectivity index (χ0n) is 23.4. The van der Waals surface area contributed by atoms with Crippen molar-refractivity contribution in [1.29, 1.82) is 0 Å². The van der Waals surface area contributed by atoms with Crippen LogP contribution in [0.1, 0.15) is 17.4 Å². The highest BCUT2D eigenvalue weighted by atomic mass is 32.1. The molecule has 4 rings (SSSR count). The van der Waals surface area contributed by atoms with E-state index in [1.165, 1.54) is 50.9 Å². The number of aliphatic imine (C=N–C) groups is 1. The van der Waals surface area contributed by atoms with Crippen molar-refractivity contribution in [3.63, 3.8) is 0 Å². The number of rotatable bonds is 7. The largest absolute Gasteiger partial charge is 0.495 e. The lowest BCUT2D eigenvalue weighted by molar-refractivity contribution is -0.137. The first-order valence-corrected chi connectivity index (χ1v) is 13.7. The lowest BCUT2D eigenvalue weighted by atomic mass is 10.1. The van der Waals surface area contributed by atoms with Crippen LogP contribution in [0.3, 0.4) is 0 Å². The topological polar surface area (TPSA) is 75.6 Å². The number of nitrogens with one attached hydrogen (secondary N) is 1. The van der Waals surface area contributed by atoms with Gasteiger partial charge in [-0.1, -0.05) is 0 Å². The molecule has 13 heteroatoms. The molecule has 0 unspecified atom stereocenters. The Morgan fingerprint density at radius 3 is 2.50 bits per heavy atom. The quantitative estimate of drug-likeness (QED) is 0.109. The van der Waals surface area contributed by atoms with Crippen LogP contribution in [0, 0.1) is 5.82 Å². The predicted octanol–water partition coefficient (Wildman–Crippen LogP) is 6.42. The molecule has 1 atom stereocenters. The summed E-state index contributed by atoms with van der Waals surface area (Å²) in [6.45, 7) is 3.37. The SMILES string of the molecule is COC(=O)/C=C\c1sccc1N=C(Nc1cc(C(F)(F)F)ccc1OC)N1CCN(c2ccc(F)c(OC)c2)[C@H](C)C1. The van der Waals surface area contributed by atoms with Crippen LogP contribution < -0.4 is 19.7 Å². The second-order valence-electron chi connectivity index (χ2n) is 9.31. The Kier molecular flexibility index (Phi) is 9.61. The molecule has 0 saturated carbocycles. The Bertz CT molecular complexity index is 1470. The van der Waals surface area contributed by atoms with Crippen molar-refractivity contribution in [2.24, 2.45) is 4.99 Å². The Morgan fingerprint density at radius 2 is 1.83 bits per heavy atom. The number of piperazine rings is 1. The van der Waals surface area contributed by atoms with Gasteiger partial charge in [-0.05, 0) is 54.8 Å². The summed E-state index contributed by atoms with van der Waals surface area (Å²) in [5.41, 5.74) is 0.531. The highest BCUT2D eigenvalue weighted by molar-refractivity contribution is 7.11. The van der Waals surface area contributed by atoms with Gasteiger partial charge in [0.05, 0.1) is 43.1 Å². The van der Waals surface area contributed by atoms with E-state index in [2.05, 4.69) is 15.0 Å². The van der Waals surface area contributed by atoms with E-state index in [4.69, 9.17) is 14.5 Å². The first-order valence-electron chi connectivity index (χ1n) is 12.8. The number of carbonyl (C=O) groups is 1. The molecule has 1 aromatic heterocycles. The first-order chi connectivity index (χ1) is 20.0. The summed E-state index contributed by atoms with van der Waals surface area (Å²) < 4.78 is 69.9. The van der Waals surface area contributed by atoms with Crippen molar-refractivity contribution in [1.82, 2.24) is 4.90 Å².